The van der Waals surface area contributed by atoms with Crippen molar-refractivity contribution in [3.63, 3.8) is 0 Å². The van der Waals surface area contributed by atoms with Crippen LogP contribution in [0.4, 0.5) is 0 Å². The minimum Gasteiger partial charge on any atom is -0.310 e. The lowest BCUT2D eigenvalue weighted by Gasteiger charge is -2.30. The lowest BCUT2D eigenvalue weighted by atomic mass is 9.80. The maximum atomic E-state index is 3.84. The number of aryl methyl sites for hydroxylation is 1. The van der Waals surface area contributed by atoms with E-state index in [1.54, 1.807) is 11.1 Å². The molecule has 1 aromatic carbocycles. The number of hydrogen-bond donors (Lipinski definition) is 1. The predicted molar refractivity (Wildman–Crippen MR) is 76.6 cm³/mol. The van der Waals surface area contributed by atoms with Gasteiger partial charge in [-0.15, -0.1) is 0 Å². The number of rotatable bonds is 3. The SMILES string of the molecule is CC1CCCCC1CNC1CCc2ccccc21. The van der Waals surface area contributed by atoms with Crippen LogP contribution in [0, 0.1) is 11.8 Å². The molecule has 98 valence electrons. The average molecular weight is 243 g/mol. The van der Waals surface area contributed by atoms with Gasteiger partial charge in [0.05, 0.1) is 0 Å². The molecule has 0 heterocycles. The Morgan fingerprint density at radius 1 is 1.11 bits per heavy atom. The topological polar surface area (TPSA) is 12.0 Å². The first kappa shape index (κ1) is 12.2. The number of hydrogen-bond acceptors (Lipinski definition) is 1. The Kier molecular flexibility index (Phi) is 3.69. The third-order valence-corrected chi connectivity index (χ3v) is 5.05. The molecule has 0 radical (unpaired) electrons. The molecule has 1 heteroatoms. The lowest BCUT2D eigenvalue weighted by molar-refractivity contribution is 0.240. The summed E-state index contributed by atoms with van der Waals surface area (Å²) in [7, 11) is 0. The molecular weight excluding hydrogens is 218 g/mol. The second-order valence-corrected chi connectivity index (χ2v) is 6.22. The van der Waals surface area contributed by atoms with Gasteiger partial charge in [-0.25, -0.2) is 0 Å². The van der Waals surface area contributed by atoms with Crippen molar-refractivity contribution < 1.29 is 0 Å². The van der Waals surface area contributed by atoms with Gasteiger partial charge in [-0.05, 0) is 48.8 Å². The molecule has 3 unspecified atom stereocenters. The summed E-state index contributed by atoms with van der Waals surface area (Å²) in [5.41, 5.74) is 3.12. The van der Waals surface area contributed by atoms with Crippen LogP contribution in [0.1, 0.15) is 56.2 Å². The van der Waals surface area contributed by atoms with Crippen LogP contribution < -0.4 is 5.32 Å². The Hall–Kier alpha value is -0.820. The van der Waals surface area contributed by atoms with Crippen molar-refractivity contribution in [3.05, 3.63) is 35.4 Å². The molecule has 3 atom stereocenters. The fourth-order valence-corrected chi connectivity index (χ4v) is 3.76. The van der Waals surface area contributed by atoms with Crippen LogP contribution in [0.25, 0.3) is 0 Å². The molecule has 1 aromatic rings. The summed E-state index contributed by atoms with van der Waals surface area (Å²) in [5.74, 6) is 1.83. The molecule has 1 saturated carbocycles. The predicted octanol–water partition coefficient (Wildman–Crippen LogP) is 4.09. The normalized spacial score (nSPS) is 31.3. The minimum atomic E-state index is 0.621. The molecule has 1 N–H and O–H groups in total. The van der Waals surface area contributed by atoms with E-state index in [4.69, 9.17) is 0 Å². The molecule has 0 spiro atoms. The second kappa shape index (κ2) is 5.44. The van der Waals surface area contributed by atoms with Crippen LogP contribution in [0.3, 0.4) is 0 Å². The molecule has 0 bridgehead atoms. The molecule has 2 aliphatic rings. The van der Waals surface area contributed by atoms with E-state index in [1.807, 2.05) is 0 Å². The Bertz CT molecular complexity index is 398. The van der Waals surface area contributed by atoms with Gasteiger partial charge >= 0.3 is 0 Å². The summed E-state index contributed by atoms with van der Waals surface area (Å²) in [5, 5.41) is 3.84. The smallest absolute Gasteiger partial charge is 0.0326 e. The van der Waals surface area contributed by atoms with Gasteiger partial charge in [0.2, 0.25) is 0 Å². The van der Waals surface area contributed by atoms with Crippen LogP contribution >= 0.6 is 0 Å². The summed E-state index contributed by atoms with van der Waals surface area (Å²) >= 11 is 0. The van der Waals surface area contributed by atoms with Gasteiger partial charge in [-0.2, -0.15) is 0 Å². The van der Waals surface area contributed by atoms with E-state index < -0.39 is 0 Å². The number of nitrogens with one attached hydrogen (secondary N) is 1. The van der Waals surface area contributed by atoms with E-state index in [0.29, 0.717) is 6.04 Å². The highest BCUT2D eigenvalue weighted by Gasteiger charge is 2.25. The van der Waals surface area contributed by atoms with Crippen molar-refractivity contribution in [2.75, 3.05) is 6.54 Å². The van der Waals surface area contributed by atoms with Crippen molar-refractivity contribution >= 4 is 0 Å². The Balaban J connectivity index is 1.58. The van der Waals surface area contributed by atoms with Crippen LogP contribution in [0.5, 0.6) is 0 Å². The lowest BCUT2D eigenvalue weighted by Crippen LogP contribution is -2.31. The van der Waals surface area contributed by atoms with Crippen molar-refractivity contribution in [1.29, 1.82) is 0 Å². The molecule has 1 nitrogen and oxygen atoms in total. The zero-order valence-electron chi connectivity index (χ0n) is 11.5. The zero-order valence-corrected chi connectivity index (χ0v) is 11.5. The highest BCUT2D eigenvalue weighted by molar-refractivity contribution is 5.34. The Morgan fingerprint density at radius 3 is 2.83 bits per heavy atom. The average Bonchev–Trinajstić information content (AvgIpc) is 2.81. The quantitative estimate of drug-likeness (QED) is 0.843. The third kappa shape index (κ3) is 2.47. The number of benzene rings is 1. The Morgan fingerprint density at radius 2 is 1.94 bits per heavy atom. The van der Waals surface area contributed by atoms with Crippen LogP contribution in [-0.2, 0) is 6.42 Å². The standard InChI is InChI=1S/C17H25N/c1-13-6-2-3-8-15(13)12-18-17-11-10-14-7-4-5-9-16(14)17/h4-5,7,9,13,15,17-18H,2-3,6,8,10-12H2,1H3. The summed E-state index contributed by atoms with van der Waals surface area (Å²) in [6.07, 6.45) is 8.31. The zero-order chi connectivity index (χ0) is 12.4. The van der Waals surface area contributed by atoms with Gasteiger partial charge in [-0.1, -0.05) is 50.5 Å². The van der Waals surface area contributed by atoms with E-state index in [0.717, 1.165) is 11.8 Å². The maximum Gasteiger partial charge on any atom is 0.0326 e. The fraction of sp³-hybridized carbons (Fsp3) is 0.647. The van der Waals surface area contributed by atoms with Crippen molar-refractivity contribution in [2.24, 2.45) is 11.8 Å². The fourth-order valence-electron chi connectivity index (χ4n) is 3.76. The molecule has 0 aromatic heterocycles. The molecule has 1 fully saturated rings. The molecule has 2 aliphatic carbocycles. The monoisotopic (exact) mass is 243 g/mol. The molecule has 0 saturated heterocycles. The summed E-state index contributed by atoms with van der Waals surface area (Å²) in [4.78, 5) is 0. The van der Waals surface area contributed by atoms with Crippen LogP contribution in [-0.4, -0.2) is 6.54 Å². The molecule has 0 amide bonds. The van der Waals surface area contributed by atoms with Gasteiger partial charge in [0, 0.05) is 6.04 Å². The summed E-state index contributed by atoms with van der Waals surface area (Å²) < 4.78 is 0. The first-order valence-corrected chi connectivity index (χ1v) is 7.66. The number of fused-ring (bicyclic) bond motifs is 1. The van der Waals surface area contributed by atoms with Crippen LogP contribution in [0.15, 0.2) is 24.3 Å². The van der Waals surface area contributed by atoms with E-state index in [-0.39, 0.29) is 0 Å². The van der Waals surface area contributed by atoms with Gasteiger partial charge in [0.15, 0.2) is 0 Å². The van der Waals surface area contributed by atoms with E-state index in [1.165, 1.54) is 45.1 Å². The first-order chi connectivity index (χ1) is 8.84. The highest BCUT2D eigenvalue weighted by atomic mass is 14.9. The van der Waals surface area contributed by atoms with Crippen molar-refractivity contribution in [1.82, 2.24) is 5.32 Å². The van der Waals surface area contributed by atoms with Gasteiger partial charge in [0.25, 0.3) is 0 Å². The molecule has 0 aliphatic heterocycles. The molecule has 3 rings (SSSR count). The molecular formula is C17H25N. The summed E-state index contributed by atoms with van der Waals surface area (Å²) in [6, 6.07) is 9.58. The van der Waals surface area contributed by atoms with Crippen molar-refractivity contribution in [3.8, 4) is 0 Å². The van der Waals surface area contributed by atoms with Crippen molar-refractivity contribution in [2.45, 2.75) is 51.5 Å². The minimum absolute atomic E-state index is 0.621. The van der Waals surface area contributed by atoms with E-state index >= 15 is 0 Å². The first-order valence-electron chi connectivity index (χ1n) is 7.66. The largest absolute Gasteiger partial charge is 0.310 e. The van der Waals surface area contributed by atoms with Crippen LogP contribution in [0.2, 0.25) is 0 Å². The highest BCUT2D eigenvalue weighted by Crippen LogP contribution is 2.33. The van der Waals surface area contributed by atoms with Gasteiger partial charge in [0.1, 0.15) is 0 Å². The maximum absolute atomic E-state index is 3.84. The molecule has 18 heavy (non-hydrogen) atoms. The van der Waals surface area contributed by atoms with Gasteiger partial charge in [-0.3, -0.25) is 0 Å². The Labute approximate surface area is 111 Å². The summed E-state index contributed by atoms with van der Waals surface area (Å²) in [6.45, 7) is 3.66. The van der Waals surface area contributed by atoms with Gasteiger partial charge < -0.3 is 5.32 Å². The van der Waals surface area contributed by atoms with E-state index in [2.05, 4.69) is 36.5 Å². The van der Waals surface area contributed by atoms with E-state index in [9.17, 15) is 0 Å². The second-order valence-electron chi connectivity index (χ2n) is 6.22. The third-order valence-electron chi connectivity index (χ3n) is 5.05.